The molecule has 7 heteroatoms. The number of amides is 2. The monoisotopic (exact) mass is 258 g/mol. The predicted molar refractivity (Wildman–Crippen MR) is 64.1 cm³/mol. The van der Waals surface area contributed by atoms with Crippen LogP contribution in [0.2, 0.25) is 0 Å². The molecule has 0 aromatic rings. The topological polar surface area (TPSA) is 102 Å². The Morgan fingerprint density at radius 1 is 1.22 bits per heavy atom. The molecule has 0 saturated heterocycles. The van der Waals surface area contributed by atoms with Gasteiger partial charge in [-0.1, -0.05) is 13.2 Å². The first kappa shape index (κ1) is 16.5. The zero-order valence-electron chi connectivity index (χ0n) is 10.1. The fourth-order valence-electron chi connectivity index (χ4n) is 1.01. The molecule has 2 amide bonds. The molecule has 18 heavy (non-hydrogen) atoms. The number of aliphatic hydroxyl groups excluding tert-OH is 1. The molecule has 0 spiro atoms. The summed E-state index contributed by atoms with van der Waals surface area (Å²) in [6.07, 6.45) is 2.01. The molecule has 0 rings (SSSR count). The maximum atomic E-state index is 11.3. The lowest BCUT2D eigenvalue weighted by Crippen LogP contribution is -2.38. The SMILES string of the molecule is C=CC(=O)N(CCOC(O)OCCN)C(=O)C=C. The fourth-order valence-corrected chi connectivity index (χ4v) is 1.01. The molecule has 0 aromatic heterocycles. The van der Waals surface area contributed by atoms with Gasteiger partial charge in [-0.15, -0.1) is 0 Å². The van der Waals surface area contributed by atoms with Gasteiger partial charge < -0.3 is 20.3 Å². The number of rotatable bonds is 9. The summed E-state index contributed by atoms with van der Waals surface area (Å²) < 4.78 is 9.55. The number of nitrogens with two attached hydrogens (primary N) is 1. The number of imide groups is 1. The number of carbonyl (C=O) groups excluding carboxylic acids is 2. The van der Waals surface area contributed by atoms with Crippen LogP contribution in [0.15, 0.2) is 25.3 Å². The van der Waals surface area contributed by atoms with E-state index < -0.39 is 18.3 Å². The van der Waals surface area contributed by atoms with Crippen molar-refractivity contribution in [2.45, 2.75) is 6.48 Å². The van der Waals surface area contributed by atoms with Gasteiger partial charge in [0.25, 0.3) is 18.3 Å². The number of aliphatic hydroxyl groups is 1. The molecular formula is C11H18N2O5. The second-order valence-corrected chi connectivity index (χ2v) is 3.07. The van der Waals surface area contributed by atoms with Gasteiger partial charge in [-0.3, -0.25) is 14.5 Å². The number of hydrogen-bond acceptors (Lipinski definition) is 6. The molecule has 1 unspecified atom stereocenters. The normalized spacial score (nSPS) is 11.7. The van der Waals surface area contributed by atoms with Crippen molar-refractivity contribution in [3.8, 4) is 0 Å². The summed E-state index contributed by atoms with van der Waals surface area (Å²) >= 11 is 0. The zero-order chi connectivity index (χ0) is 14.0. The maximum Gasteiger partial charge on any atom is 0.269 e. The zero-order valence-corrected chi connectivity index (χ0v) is 10.1. The van der Waals surface area contributed by atoms with E-state index in [1.165, 1.54) is 0 Å². The van der Waals surface area contributed by atoms with Crippen LogP contribution in [0.4, 0.5) is 0 Å². The Hall–Kier alpha value is -1.54. The van der Waals surface area contributed by atoms with Crippen LogP contribution in [0.25, 0.3) is 0 Å². The molecule has 0 aromatic carbocycles. The molecule has 0 fully saturated rings. The van der Waals surface area contributed by atoms with E-state index in [1.54, 1.807) is 0 Å². The Bertz CT molecular complexity index is 286. The number of ether oxygens (including phenoxy) is 2. The highest BCUT2D eigenvalue weighted by Crippen LogP contribution is 1.96. The second-order valence-electron chi connectivity index (χ2n) is 3.07. The molecule has 3 N–H and O–H groups in total. The van der Waals surface area contributed by atoms with E-state index in [2.05, 4.69) is 13.2 Å². The largest absolute Gasteiger partial charge is 0.346 e. The Kier molecular flexibility index (Phi) is 8.67. The van der Waals surface area contributed by atoms with Crippen LogP contribution in [0.1, 0.15) is 0 Å². The van der Waals surface area contributed by atoms with E-state index in [0.717, 1.165) is 17.1 Å². The van der Waals surface area contributed by atoms with Gasteiger partial charge in [0.2, 0.25) is 0 Å². The van der Waals surface area contributed by atoms with Crippen molar-refractivity contribution in [3.05, 3.63) is 25.3 Å². The summed E-state index contributed by atoms with van der Waals surface area (Å²) in [4.78, 5) is 23.6. The molecule has 7 nitrogen and oxygen atoms in total. The molecule has 0 radical (unpaired) electrons. The van der Waals surface area contributed by atoms with E-state index >= 15 is 0 Å². The molecule has 0 bridgehead atoms. The van der Waals surface area contributed by atoms with Crippen molar-refractivity contribution >= 4 is 11.8 Å². The molecule has 102 valence electrons. The number of hydrogen-bond donors (Lipinski definition) is 2. The summed E-state index contributed by atoms with van der Waals surface area (Å²) in [5.74, 6) is -1.14. The Balaban J connectivity index is 4.11. The van der Waals surface area contributed by atoms with E-state index in [9.17, 15) is 9.59 Å². The standard InChI is InChI=1S/C11H18N2O5/c1-3-9(14)13(10(15)4-2)6-8-18-11(16)17-7-5-12/h3-4,11,16H,1-2,5-8,12H2. The van der Waals surface area contributed by atoms with E-state index in [1.807, 2.05) is 0 Å². The minimum atomic E-state index is -1.44. The van der Waals surface area contributed by atoms with Crippen LogP contribution in [-0.2, 0) is 19.1 Å². The van der Waals surface area contributed by atoms with Crippen molar-refractivity contribution in [3.63, 3.8) is 0 Å². The van der Waals surface area contributed by atoms with Crippen LogP contribution in [-0.4, -0.2) is 54.6 Å². The van der Waals surface area contributed by atoms with Gasteiger partial charge in [-0.05, 0) is 12.2 Å². The van der Waals surface area contributed by atoms with Crippen LogP contribution in [0.5, 0.6) is 0 Å². The molecule has 0 saturated carbocycles. The molecule has 0 aliphatic carbocycles. The summed E-state index contributed by atoms with van der Waals surface area (Å²) in [6.45, 7) is 5.38. The molecule has 0 heterocycles. The fraction of sp³-hybridized carbons (Fsp3) is 0.455. The maximum absolute atomic E-state index is 11.3. The van der Waals surface area contributed by atoms with Crippen molar-refractivity contribution in [1.82, 2.24) is 4.90 Å². The van der Waals surface area contributed by atoms with Gasteiger partial charge in [0, 0.05) is 6.54 Å². The highest BCUT2D eigenvalue weighted by Gasteiger charge is 2.16. The predicted octanol–water partition coefficient (Wildman–Crippen LogP) is -1.02. The Morgan fingerprint density at radius 2 is 1.72 bits per heavy atom. The van der Waals surface area contributed by atoms with Crippen molar-refractivity contribution < 1.29 is 24.2 Å². The quantitative estimate of drug-likeness (QED) is 0.405. The van der Waals surface area contributed by atoms with E-state index in [-0.39, 0.29) is 26.3 Å². The average Bonchev–Trinajstić information content (AvgIpc) is 2.39. The summed E-state index contributed by atoms with van der Waals surface area (Å²) in [7, 11) is 0. The summed E-state index contributed by atoms with van der Waals surface area (Å²) in [5.41, 5.74) is 5.16. The Morgan fingerprint density at radius 3 is 2.17 bits per heavy atom. The third-order valence-corrected chi connectivity index (χ3v) is 1.83. The number of nitrogens with zero attached hydrogens (tertiary/aromatic N) is 1. The van der Waals surface area contributed by atoms with Crippen molar-refractivity contribution in [2.75, 3.05) is 26.3 Å². The van der Waals surface area contributed by atoms with Gasteiger partial charge in [0.05, 0.1) is 19.8 Å². The lowest BCUT2D eigenvalue weighted by molar-refractivity contribution is -0.262. The van der Waals surface area contributed by atoms with Crippen LogP contribution in [0, 0.1) is 0 Å². The van der Waals surface area contributed by atoms with E-state index in [4.69, 9.17) is 20.3 Å². The minimum Gasteiger partial charge on any atom is -0.346 e. The van der Waals surface area contributed by atoms with Crippen molar-refractivity contribution in [2.24, 2.45) is 5.73 Å². The van der Waals surface area contributed by atoms with Gasteiger partial charge in [-0.25, -0.2) is 0 Å². The van der Waals surface area contributed by atoms with Gasteiger partial charge in [0.15, 0.2) is 0 Å². The van der Waals surface area contributed by atoms with Gasteiger partial charge >= 0.3 is 0 Å². The summed E-state index contributed by atoms with van der Waals surface area (Å²) in [5, 5.41) is 9.16. The van der Waals surface area contributed by atoms with Crippen molar-refractivity contribution in [1.29, 1.82) is 0 Å². The van der Waals surface area contributed by atoms with Gasteiger partial charge in [-0.2, -0.15) is 0 Å². The third kappa shape index (κ3) is 6.26. The Labute approximate surface area is 105 Å². The molecule has 0 aliphatic heterocycles. The van der Waals surface area contributed by atoms with E-state index in [0.29, 0.717) is 0 Å². The van der Waals surface area contributed by atoms with Crippen LogP contribution in [0.3, 0.4) is 0 Å². The minimum absolute atomic E-state index is 0.0429. The number of carbonyl (C=O) groups is 2. The highest BCUT2D eigenvalue weighted by molar-refractivity contribution is 6.04. The lowest BCUT2D eigenvalue weighted by atomic mass is 10.4. The molecular weight excluding hydrogens is 240 g/mol. The molecule has 1 atom stereocenters. The second kappa shape index (κ2) is 9.49. The smallest absolute Gasteiger partial charge is 0.269 e. The first-order chi connectivity index (χ1) is 8.56. The average molecular weight is 258 g/mol. The van der Waals surface area contributed by atoms with Crippen LogP contribution < -0.4 is 5.73 Å². The highest BCUT2D eigenvalue weighted by atomic mass is 16.8. The third-order valence-electron chi connectivity index (χ3n) is 1.83. The van der Waals surface area contributed by atoms with Crippen LogP contribution >= 0.6 is 0 Å². The lowest BCUT2D eigenvalue weighted by Gasteiger charge is -2.18. The first-order valence-corrected chi connectivity index (χ1v) is 5.28. The molecule has 0 aliphatic rings. The first-order valence-electron chi connectivity index (χ1n) is 5.28. The van der Waals surface area contributed by atoms with Gasteiger partial charge in [0.1, 0.15) is 0 Å². The summed E-state index contributed by atoms with van der Waals surface area (Å²) in [6, 6.07) is 0.